The third-order valence-corrected chi connectivity index (χ3v) is 6.78. The van der Waals surface area contributed by atoms with Crippen LogP contribution in [0.5, 0.6) is 0 Å². The minimum Gasteiger partial charge on any atom is -0.356 e. The third kappa shape index (κ3) is 6.93. The Morgan fingerprint density at radius 2 is 1.24 bits per heavy atom. The Morgan fingerprint density at radius 1 is 0.762 bits per heavy atom. The molecule has 0 aliphatic carbocycles. The summed E-state index contributed by atoms with van der Waals surface area (Å²) in [5, 5.41) is 35.4. The summed E-state index contributed by atoms with van der Waals surface area (Å²) in [6.07, 6.45) is 1.66. The summed E-state index contributed by atoms with van der Waals surface area (Å²) in [4.78, 5) is 10.1. The van der Waals surface area contributed by atoms with Gasteiger partial charge in [0.1, 0.15) is 5.69 Å². The van der Waals surface area contributed by atoms with Crippen molar-refractivity contribution >= 4 is 49.9 Å². The van der Waals surface area contributed by atoms with Gasteiger partial charge in [0.15, 0.2) is 0 Å². The zero-order chi connectivity index (χ0) is 29.7. The molecule has 14 heteroatoms. The summed E-state index contributed by atoms with van der Waals surface area (Å²) in [5.41, 5.74) is 5.17. The van der Waals surface area contributed by atoms with E-state index in [0.29, 0.717) is 34.1 Å². The molecular weight excluding hydrogens is 560 g/mol. The SMILES string of the molecule is Cc1nn(-c2ccc(S(=O)(=O)O)cc2)cc1N=Nc1ccc(N=Nc2ccc(Nc3ccc([N+](=O)[O-])cc3)cc2)cc1. The zero-order valence-corrected chi connectivity index (χ0v) is 22.8. The van der Waals surface area contributed by atoms with Crippen molar-refractivity contribution in [3.05, 3.63) is 119 Å². The maximum absolute atomic E-state index is 11.2. The average molecular weight is 583 g/mol. The van der Waals surface area contributed by atoms with Gasteiger partial charge in [0, 0.05) is 23.5 Å². The number of hydrogen-bond acceptors (Lipinski definition) is 10. The molecule has 210 valence electrons. The van der Waals surface area contributed by atoms with Crippen molar-refractivity contribution in [2.24, 2.45) is 20.5 Å². The van der Waals surface area contributed by atoms with E-state index in [9.17, 15) is 18.5 Å². The van der Waals surface area contributed by atoms with Crippen LogP contribution in [0.25, 0.3) is 5.69 Å². The molecular formula is C28H22N8O5S. The normalized spacial score (nSPS) is 11.8. The number of non-ortho nitro benzene ring substituents is 1. The van der Waals surface area contributed by atoms with E-state index in [1.807, 2.05) is 12.1 Å². The third-order valence-electron chi connectivity index (χ3n) is 5.91. The minimum absolute atomic E-state index is 0.0290. The highest BCUT2D eigenvalue weighted by atomic mass is 32.2. The molecule has 4 aromatic carbocycles. The standard InChI is InChI=1S/C28H22N8O5S/c1-19-28(18-35(34-19)25-14-16-27(17-15-25)42(39,40)41)33-32-24-8-6-23(7-9-24)31-30-22-4-2-20(3-5-22)29-21-10-12-26(13-11-21)36(37)38/h2-18,29H,1H3,(H,39,40,41). The lowest BCUT2D eigenvalue weighted by atomic mass is 10.2. The summed E-state index contributed by atoms with van der Waals surface area (Å²) in [6, 6.07) is 26.1. The lowest BCUT2D eigenvalue weighted by Gasteiger charge is -2.06. The molecule has 0 bridgehead atoms. The van der Waals surface area contributed by atoms with Crippen molar-refractivity contribution < 1.29 is 17.9 Å². The van der Waals surface area contributed by atoms with Crippen LogP contribution in [0.4, 0.5) is 39.8 Å². The molecule has 0 aliphatic heterocycles. The van der Waals surface area contributed by atoms with Crippen molar-refractivity contribution in [2.75, 3.05) is 5.32 Å². The second kappa shape index (κ2) is 11.9. The Hall–Kier alpha value is -5.60. The summed E-state index contributed by atoms with van der Waals surface area (Å²) < 4.78 is 33.2. The number of nitrogens with zero attached hydrogens (tertiary/aromatic N) is 7. The number of aromatic nitrogens is 2. The second-order valence-corrected chi connectivity index (χ2v) is 10.3. The van der Waals surface area contributed by atoms with Crippen molar-refractivity contribution in [1.82, 2.24) is 9.78 Å². The maximum Gasteiger partial charge on any atom is 0.294 e. The molecule has 1 aromatic heterocycles. The van der Waals surface area contributed by atoms with Gasteiger partial charge in [-0.2, -0.15) is 28.9 Å². The van der Waals surface area contributed by atoms with Gasteiger partial charge in [-0.05, 0) is 91.9 Å². The Kier molecular flexibility index (Phi) is 7.90. The molecule has 1 heterocycles. The van der Waals surface area contributed by atoms with Crippen molar-refractivity contribution in [3.8, 4) is 5.69 Å². The average Bonchev–Trinajstić information content (AvgIpc) is 3.36. The Balaban J connectivity index is 1.19. The molecule has 0 unspecified atom stereocenters. The van der Waals surface area contributed by atoms with E-state index in [1.165, 1.54) is 36.4 Å². The molecule has 42 heavy (non-hydrogen) atoms. The van der Waals surface area contributed by atoms with Crippen molar-refractivity contribution in [1.29, 1.82) is 0 Å². The summed E-state index contributed by atoms with van der Waals surface area (Å²) >= 11 is 0. The van der Waals surface area contributed by atoms with E-state index in [2.05, 4.69) is 30.9 Å². The fourth-order valence-electron chi connectivity index (χ4n) is 3.71. The highest BCUT2D eigenvalue weighted by molar-refractivity contribution is 7.85. The number of benzene rings is 4. The van der Waals surface area contributed by atoms with Crippen LogP contribution in [0.2, 0.25) is 0 Å². The van der Waals surface area contributed by atoms with Gasteiger partial charge in [-0.15, -0.1) is 5.11 Å². The molecule has 2 N–H and O–H groups in total. The van der Waals surface area contributed by atoms with Crippen LogP contribution in [0.15, 0.2) is 129 Å². The molecule has 5 aromatic rings. The van der Waals surface area contributed by atoms with Crippen LogP contribution in [0, 0.1) is 17.0 Å². The predicted molar refractivity (Wildman–Crippen MR) is 156 cm³/mol. The van der Waals surface area contributed by atoms with E-state index in [-0.39, 0.29) is 10.6 Å². The van der Waals surface area contributed by atoms with E-state index >= 15 is 0 Å². The topological polar surface area (TPSA) is 177 Å². The fraction of sp³-hybridized carbons (Fsp3) is 0.0357. The van der Waals surface area contributed by atoms with E-state index in [0.717, 1.165) is 11.4 Å². The van der Waals surface area contributed by atoms with Gasteiger partial charge < -0.3 is 5.32 Å². The van der Waals surface area contributed by atoms with Gasteiger partial charge in [0.25, 0.3) is 15.8 Å². The molecule has 0 aliphatic rings. The number of hydrogen-bond donors (Lipinski definition) is 2. The number of rotatable bonds is 9. The van der Waals surface area contributed by atoms with Crippen LogP contribution < -0.4 is 5.32 Å². The molecule has 0 fully saturated rings. The first-order valence-corrected chi connectivity index (χ1v) is 13.8. The van der Waals surface area contributed by atoms with Crippen molar-refractivity contribution in [2.45, 2.75) is 11.8 Å². The number of azo groups is 2. The smallest absolute Gasteiger partial charge is 0.294 e. The van der Waals surface area contributed by atoms with Crippen LogP contribution >= 0.6 is 0 Å². The minimum atomic E-state index is -4.27. The van der Waals surface area contributed by atoms with Crippen LogP contribution in [0.1, 0.15) is 5.69 Å². The highest BCUT2D eigenvalue weighted by Gasteiger charge is 2.11. The fourth-order valence-corrected chi connectivity index (χ4v) is 4.19. The van der Waals surface area contributed by atoms with Crippen LogP contribution in [-0.4, -0.2) is 27.7 Å². The summed E-state index contributed by atoms with van der Waals surface area (Å²) in [6.45, 7) is 1.78. The van der Waals surface area contributed by atoms with Gasteiger partial charge in [-0.3, -0.25) is 14.7 Å². The first-order chi connectivity index (χ1) is 20.1. The molecule has 0 amide bonds. The van der Waals surface area contributed by atoms with Gasteiger partial charge in [0.2, 0.25) is 0 Å². The first-order valence-electron chi connectivity index (χ1n) is 12.3. The molecule has 0 atom stereocenters. The molecule has 5 rings (SSSR count). The van der Waals surface area contributed by atoms with Crippen molar-refractivity contribution in [3.63, 3.8) is 0 Å². The van der Waals surface area contributed by atoms with E-state index < -0.39 is 15.0 Å². The lowest BCUT2D eigenvalue weighted by molar-refractivity contribution is -0.384. The lowest BCUT2D eigenvalue weighted by Crippen LogP contribution is -1.99. The summed E-state index contributed by atoms with van der Waals surface area (Å²) in [5.74, 6) is 0. The number of nitrogens with one attached hydrogen (secondary N) is 1. The van der Waals surface area contributed by atoms with Crippen LogP contribution in [-0.2, 0) is 10.1 Å². The molecule has 0 saturated carbocycles. The zero-order valence-electron chi connectivity index (χ0n) is 21.9. The number of anilines is 2. The highest BCUT2D eigenvalue weighted by Crippen LogP contribution is 2.27. The number of aryl methyl sites for hydroxylation is 1. The largest absolute Gasteiger partial charge is 0.356 e. The molecule has 0 spiro atoms. The van der Waals surface area contributed by atoms with Gasteiger partial charge in [0.05, 0.1) is 44.5 Å². The molecule has 13 nitrogen and oxygen atoms in total. The van der Waals surface area contributed by atoms with E-state index in [1.54, 1.807) is 66.3 Å². The number of nitro benzene ring substituents is 1. The van der Waals surface area contributed by atoms with Gasteiger partial charge >= 0.3 is 0 Å². The Bertz CT molecular complexity index is 1880. The second-order valence-electron chi connectivity index (χ2n) is 8.91. The maximum atomic E-state index is 11.2. The monoisotopic (exact) mass is 582 g/mol. The quantitative estimate of drug-likeness (QED) is 0.0767. The van der Waals surface area contributed by atoms with Gasteiger partial charge in [-0.25, -0.2) is 4.68 Å². The predicted octanol–water partition coefficient (Wildman–Crippen LogP) is 7.91. The first kappa shape index (κ1) is 27.9. The molecule has 0 radical (unpaired) electrons. The van der Waals surface area contributed by atoms with Gasteiger partial charge in [-0.1, -0.05) is 0 Å². The number of nitro groups is 1. The molecule has 0 saturated heterocycles. The summed E-state index contributed by atoms with van der Waals surface area (Å²) in [7, 11) is -4.27. The van der Waals surface area contributed by atoms with E-state index in [4.69, 9.17) is 4.55 Å². The Labute approximate surface area is 239 Å². The van der Waals surface area contributed by atoms with Crippen LogP contribution in [0.3, 0.4) is 0 Å². The Morgan fingerprint density at radius 3 is 1.74 bits per heavy atom.